The van der Waals surface area contributed by atoms with E-state index in [-0.39, 0.29) is 11.9 Å². The lowest BCUT2D eigenvalue weighted by Gasteiger charge is -2.23. The van der Waals surface area contributed by atoms with Gasteiger partial charge in [0.05, 0.1) is 36.3 Å². The number of nitrogens with zero attached hydrogens (tertiary/aromatic N) is 6. The molecule has 32 heavy (non-hydrogen) atoms. The molecule has 5 rings (SSSR count). The Morgan fingerprint density at radius 2 is 1.97 bits per heavy atom. The predicted octanol–water partition coefficient (Wildman–Crippen LogP) is 3.61. The molecule has 2 aromatic heterocycles. The van der Waals surface area contributed by atoms with Crippen molar-refractivity contribution in [1.29, 1.82) is 0 Å². The van der Waals surface area contributed by atoms with Gasteiger partial charge in [0.2, 0.25) is 11.7 Å². The molecule has 1 saturated heterocycles. The number of hydrogen-bond acceptors (Lipinski definition) is 7. The van der Waals surface area contributed by atoms with Crippen molar-refractivity contribution in [2.24, 2.45) is 0 Å². The van der Waals surface area contributed by atoms with Crippen LogP contribution in [0.5, 0.6) is 5.75 Å². The number of rotatable bonds is 5. The molecule has 1 aliphatic rings. The van der Waals surface area contributed by atoms with E-state index in [2.05, 4.69) is 20.3 Å². The lowest BCUT2D eigenvalue weighted by Crippen LogP contribution is -2.31. The first-order valence-electron chi connectivity index (χ1n) is 10.4. The second kappa shape index (κ2) is 8.26. The number of benzene rings is 2. The zero-order valence-electron chi connectivity index (χ0n) is 17.8. The van der Waals surface area contributed by atoms with E-state index in [1.807, 2.05) is 49.4 Å². The lowest BCUT2D eigenvalue weighted by molar-refractivity contribution is 0.0709. The van der Waals surface area contributed by atoms with Gasteiger partial charge in [-0.3, -0.25) is 4.79 Å². The third kappa shape index (κ3) is 3.51. The van der Waals surface area contributed by atoms with Crippen LogP contribution in [0.4, 0.5) is 0 Å². The topological polar surface area (TPSA) is 99.2 Å². The van der Waals surface area contributed by atoms with Gasteiger partial charge >= 0.3 is 0 Å². The van der Waals surface area contributed by atoms with Crippen LogP contribution in [0.2, 0.25) is 0 Å². The maximum absolute atomic E-state index is 13.6. The molecule has 0 spiro atoms. The normalized spacial score (nSPS) is 15.8. The third-order valence-corrected chi connectivity index (χ3v) is 5.61. The van der Waals surface area contributed by atoms with Crippen molar-refractivity contribution in [2.45, 2.75) is 25.8 Å². The Balaban J connectivity index is 1.47. The van der Waals surface area contributed by atoms with E-state index in [1.54, 1.807) is 24.4 Å². The molecule has 0 saturated carbocycles. The van der Waals surface area contributed by atoms with Crippen LogP contribution in [-0.2, 0) is 0 Å². The van der Waals surface area contributed by atoms with E-state index in [1.165, 1.54) is 4.80 Å². The van der Waals surface area contributed by atoms with E-state index in [0.29, 0.717) is 35.3 Å². The fourth-order valence-electron chi connectivity index (χ4n) is 4.06. The molecule has 1 fully saturated rings. The summed E-state index contributed by atoms with van der Waals surface area (Å²) in [5, 5.41) is 12.6. The van der Waals surface area contributed by atoms with Gasteiger partial charge in [-0.25, -0.2) is 0 Å². The van der Waals surface area contributed by atoms with Crippen molar-refractivity contribution in [3.8, 4) is 22.8 Å². The maximum Gasteiger partial charge on any atom is 0.256 e. The molecule has 3 heterocycles. The summed E-state index contributed by atoms with van der Waals surface area (Å²) in [5.41, 5.74) is 2.94. The van der Waals surface area contributed by atoms with Gasteiger partial charge in [-0.05, 0) is 49.6 Å². The molecule has 0 radical (unpaired) electrons. The Labute approximate surface area is 184 Å². The highest BCUT2D eigenvalue weighted by molar-refractivity contribution is 5.98. The summed E-state index contributed by atoms with van der Waals surface area (Å²) in [6, 6.07) is 12.8. The molecule has 1 amide bonds. The number of aryl methyl sites for hydroxylation is 1. The van der Waals surface area contributed by atoms with Crippen molar-refractivity contribution in [2.75, 3.05) is 13.7 Å². The number of aromatic nitrogens is 5. The molecule has 9 heteroatoms. The van der Waals surface area contributed by atoms with Gasteiger partial charge < -0.3 is 14.2 Å². The molecule has 0 bridgehead atoms. The number of para-hydroxylation sites is 1. The van der Waals surface area contributed by atoms with Gasteiger partial charge in [-0.15, -0.1) is 0 Å². The molecule has 9 nitrogen and oxygen atoms in total. The van der Waals surface area contributed by atoms with E-state index in [4.69, 9.17) is 9.26 Å². The summed E-state index contributed by atoms with van der Waals surface area (Å²) in [4.78, 5) is 21.4. The van der Waals surface area contributed by atoms with Crippen LogP contribution in [0, 0.1) is 6.92 Å². The van der Waals surface area contributed by atoms with Crippen LogP contribution < -0.4 is 4.74 Å². The Morgan fingerprint density at radius 1 is 1.16 bits per heavy atom. The van der Waals surface area contributed by atoms with Gasteiger partial charge in [0.15, 0.2) is 0 Å². The summed E-state index contributed by atoms with van der Waals surface area (Å²) in [5.74, 6) is 1.41. The zero-order valence-corrected chi connectivity index (χ0v) is 17.8. The van der Waals surface area contributed by atoms with E-state index >= 15 is 0 Å². The van der Waals surface area contributed by atoms with Crippen molar-refractivity contribution in [1.82, 2.24) is 30.0 Å². The Hall–Kier alpha value is -4.01. The minimum absolute atomic E-state index is 0.114. The Kier molecular flexibility index (Phi) is 5.14. The summed E-state index contributed by atoms with van der Waals surface area (Å²) in [7, 11) is 1.60. The standard InChI is InChI=1S/C23H22N6O3/c1-15-9-10-16(19(14-15)29-24-11-12-25-29)23(30)28-13-5-7-18(28)22-26-21(27-32-22)17-6-3-4-8-20(17)31-2/h3-4,6,8-12,14,18H,5,7,13H2,1-2H3. The number of ether oxygens (including phenoxy) is 1. The maximum atomic E-state index is 13.6. The molecular weight excluding hydrogens is 408 g/mol. The largest absolute Gasteiger partial charge is 0.496 e. The van der Waals surface area contributed by atoms with Crippen LogP contribution in [0.1, 0.15) is 40.7 Å². The summed E-state index contributed by atoms with van der Waals surface area (Å²) < 4.78 is 11.0. The lowest BCUT2D eigenvalue weighted by atomic mass is 10.1. The number of methoxy groups -OCH3 is 1. The summed E-state index contributed by atoms with van der Waals surface area (Å²) >= 11 is 0. The summed E-state index contributed by atoms with van der Waals surface area (Å²) in [6.07, 6.45) is 4.78. The number of carbonyl (C=O) groups is 1. The molecular formula is C23H22N6O3. The molecule has 1 atom stereocenters. The first-order chi connectivity index (χ1) is 15.7. The van der Waals surface area contributed by atoms with Crippen LogP contribution >= 0.6 is 0 Å². The van der Waals surface area contributed by atoms with Crippen molar-refractivity contribution >= 4 is 5.91 Å². The third-order valence-electron chi connectivity index (χ3n) is 5.61. The SMILES string of the molecule is COc1ccccc1-c1noc(C2CCCN2C(=O)c2ccc(C)cc2-n2nccn2)n1. The van der Waals surface area contributed by atoms with Crippen LogP contribution in [0.15, 0.2) is 59.4 Å². The zero-order chi connectivity index (χ0) is 22.1. The smallest absolute Gasteiger partial charge is 0.256 e. The molecule has 1 aliphatic heterocycles. The highest BCUT2D eigenvalue weighted by atomic mass is 16.5. The second-order valence-corrected chi connectivity index (χ2v) is 7.65. The molecule has 0 aliphatic carbocycles. The Bertz CT molecular complexity index is 1250. The van der Waals surface area contributed by atoms with Crippen LogP contribution in [0.3, 0.4) is 0 Å². The average Bonchev–Trinajstić information content (AvgIpc) is 3.59. The average molecular weight is 430 g/mol. The molecule has 4 aromatic rings. The minimum Gasteiger partial charge on any atom is -0.496 e. The molecule has 162 valence electrons. The van der Waals surface area contributed by atoms with Crippen LogP contribution in [-0.4, -0.2) is 49.6 Å². The van der Waals surface area contributed by atoms with Crippen molar-refractivity contribution < 1.29 is 14.1 Å². The van der Waals surface area contributed by atoms with Gasteiger partial charge in [0.25, 0.3) is 5.91 Å². The first kappa shape index (κ1) is 19.9. The summed E-state index contributed by atoms with van der Waals surface area (Å²) in [6.45, 7) is 2.58. The molecule has 2 aromatic carbocycles. The van der Waals surface area contributed by atoms with Crippen molar-refractivity contribution in [3.63, 3.8) is 0 Å². The van der Waals surface area contributed by atoms with E-state index < -0.39 is 0 Å². The first-order valence-corrected chi connectivity index (χ1v) is 10.4. The fourth-order valence-corrected chi connectivity index (χ4v) is 4.06. The minimum atomic E-state index is -0.293. The monoisotopic (exact) mass is 430 g/mol. The fraction of sp³-hybridized carbons (Fsp3) is 0.261. The quantitative estimate of drug-likeness (QED) is 0.477. The van der Waals surface area contributed by atoms with Gasteiger partial charge in [0.1, 0.15) is 11.8 Å². The van der Waals surface area contributed by atoms with Crippen molar-refractivity contribution in [3.05, 3.63) is 71.9 Å². The van der Waals surface area contributed by atoms with Gasteiger partial charge in [0, 0.05) is 6.54 Å². The highest BCUT2D eigenvalue weighted by Gasteiger charge is 2.36. The predicted molar refractivity (Wildman–Crippen MR) is 115 cm³/mol. The number of carbonyl (C=O) groups excluding carboxylic acids is 1. The highest BCUT2D eigenvalue weighted by Crippen LogP contribution is 2.35. The number of amides is 1. The number of hydrogen-bond donors (Lipinski definition) is 0. The van der Waals surface area contributed by atoms with Gasteiger partial charge in [-0.2, -0.15) is 20.0 Å². The van der Waals surface area contributed by atoms with Gasteiger partial charge in [-0.1, -0.05) is 23.4 Å². The van der Waals surface area contributed by atoms with E-state index in [9.17, 15) is 4.79 Å². The molecule has 1 unspecified atom stereocenters. The second-order valence-electron chi connectivity index (χ2n) is 7.65. The van der Waals surface area contributed by atoms with Crippen LogP contribution in [0.25, 0.3) is 17.1 Å². The Morgan fingerprint density at radius 3 is 2.78 bits per heavy atom. The molecule has 0 N–H and O–H groups in total. The number of likely N-dealkylation sites (tertiary alicyclic amines) is 1. The van der Waals surface area contributed by atoms with E-state index in [0.717, 1.165) is 24.0 Å².